The zero-order valence-corrected chi connectivity index (χ0v) is 21.5. The monoisotopic (exact) mass is 471 g/mol. The molecule has 0 spiro atoms. The van der Waals surface area contributed by atoms with E-state index in [0.29, 0.717) is 53.0 Å². The van der Waals surface area contributed by atoms with Crippen molar-refractivity contribution < 1.29 is 23.9 Å². The first-order valence-electron chi connectivity index (χ1n) is 11.6. The van der Waals surface area contributed by atoms with E-state index in [1.807, 2.05) is 19.9 Å². The molecule has 0 aliphatic heterocycles. The summed E-state index contributed by atoms with van der Waals surface area (Å²) in [6.07, 6.45) is 0.734. The van der Waals surface area contributed by atoms with Crippen LogP contribution in [0.3, 0.4) is 0 Å². The van der Waals surface area contributed by atoms with Gasteiger partial charge in [-0.25, -0.2) is 9.59 Å². The van der Waals surface area contributed by atoms with Crippen molar-refractivity contribution >= 4 is 23.5 Å². The Kier molecular flexibility index (Phi) is 9.29. The third kappa shape index (κ3) is 5.61. The van der Waals surface area contributed by atoms with Gasteiger partial charge in [0.2, 0.25) is 0 Å². The van der Waals surface area contributed by atoms with Crippen molar-refractivity contribution in [3.8, 4) is 5.75 Å². The topological polar surface area (TPSA) is 89.9 Å². The van der Waals surface area contributed by atoms with Gasteiger partial charge in [0, 0.05) is 24.3 Å². The number of hydrogen-bond acceptors (Lipinski definition) is 5. The van der Waals surface area contributed by atoms with Gasteiger partial charge in [0.15, 0.2) is 5.78 Å². The van der Waals surface area contributed by atoms with Gasteiger partial charge < -0.3 is 24.3 Å². The van der Waals surface area contributed by atoms with Crippen LogP contribution in [0.25, 0.3) is 0 Å². The predicted octanol–water partition coefficient (Wildman–Crippen LogP) is 5.07. The van der Waals surface area contributed by atoms with Crippen LogP contribution in [0.5, 0.6) is 5.75 Å². The molecule has 2 amide bonds. The molecule has 186 valence electrons. The minimum absolute atomic E-state index is 0.216. The molecule has 1 aromatic heterocycles. The summed E-state index contributed by atoms with van der Waals surface area (Å²) in [4.78, 5) is 41.0. The van der Waals surface area contributed by atoms with Crippen molar-refractivity contribution in [2.24, 2.45) is 5.92 Å². The Morgan fingerprint density at radius 1 is 1.09 bits per heavy atom. The van der Waals surface area contributed by atoms with Gasteiger partial charge in [-0.15, -0.1) is 0 Å². The molecule has 0 saturated carbocycles. The number of carbonyl (C=O) groups is 3. The van der Waals surface area contributed by atoms with Crippen molar-refractivity contribution in [2.45, 2.75) is 60.5 Å². The number of ether oxygens (including phenoxy) is 2. The molecule has 1 atom stereocenters. The summed E-state index contributed by atoms with van der Waals surface area (Å²) in [6.45, 7) is 12.3. The number of carbonyl (C=O) groups excluding carboxylic acids is 3. The second kappa shape index (κ2) is 11.7. The fourth-order valence-electron chi connectivity index (χ4n) is 4.17. The number of anilines is 1. The molecule has 8 heteroatoms. The first-order valence-corrected chi connectivity index (χ1v) is 11.6. The molecule has 0 saturated heterocycles. The molecule has 0 radical (unpaired) electrons. The molecule has 0 aliphatic rings. The Hall–Kier alpha value is -3.29. The molecule has 1 aromatic carbocycles. The van der Waals surface area contributed by atoms with E-state index in [4.69, 9.17) is 9.47 Å². The van der Waals surface area contributed by atoms with Crippen LogP contribution in [-0.2, 0) is 11.3 Å². The van der Waals surface area contributed by atoms with Crippen LogP contribution < -0.4 is 10.1 Å². The average Bonchev–Trinajstić information content (AvgIpc) is 3.07. The SMILES string of the molecule is CCn1c(C)c(C(=O)C(C)N(CCC(C)C)C(=O)Nc2ccccc2OC)c(C)c1C(=O)OC. The summed E-state index contributed by atoms with van der Waals surface area (Å²) < 4.78 is 12.1. The number of methoxy groups -OCH3 is 2. The Morgan fingerprint density at radius 3 is 2.29 bits per heavy atom. The minimum Gasteiger partial charge on any atom is -0.495 e. The number of rotatable bonds is 10. The Labute approximate surface area is 202 Å². The number of hydrogen-bond donors (Lipinski definition) is 1. The van der Waals surface area contributed by atoms with Gasteiger partial charge in [0.1, 0.15) is 11.4 Å². The first kappa shape index (κ1) is 27.0. The number of ketones is 1. The van der Waals surface area contributed by atoms with Crippen molar-refractivity contribution in [3.05, 3.63) is 46.8 Å². The second-order valence-corrected chi connectivity index (χ2v) is 8.72. The molecular formula is C26H37N3O5. The maximum atomic E-state index is 13.7. The third-order valence-electron chi connectivity index (χ3n) is 6.11. The van der Waals surface area contributed by atoms with E-state index >= 15 is 0 Å². The molecule has 1 N–H and O–H groups in total. The molecule has 1 heterocycles. The van der Waals surface area contributed by atoms with Gasteiger partial charge in [-0.05, 0) is 57.7 Å². The van der Waals surface area contributed by atoms with Gasteiger partial charge in [0.05, 0.1) is 25.9 Å². The lowest BCUT2D eigenvalue weighted by Crippen LogP contribution is -2.46. The molecule has 0 aliphatic carbocycles. The molecule has 0 bridgehead atoms. The summed E-state index contributed by atoms with van der Waals surface area (Å²) in [5.41, 5.74) is 2.60. The minimum atomic E-state index is -0.746. The van der Waals surface area contributed by atoms with E-state index < -0.39 is 12.0 Å². The van der Waals surface area contributed by atoms with E-state index in [0.717, 1.165) is 6.42 Å². The highest BCUT2D eigenvalue weighted by atomic mass is 16.5. The summed E-state index contributed by atoms with van der Waals surface area (Å²) in [6, 6.07) is 6.01. The lowest BCUT2D eigenvalue weighted by atomic mass is 9.99. The van der Waals surface area contributed by atoms with Crippen molar-refractivity contribution in [3.63, 3.8) is 0 Å². The lowest BCUT2D eigenvalue weighted by Gasteiger charge is -2.29. The van der Waals surface area contributed by atoms with Gasteiger partial charge in [-0.3, -0.25) is 4.79 Å². The molecule has 8 nitrogen and oxygen atoms in total. The highest BCUT2D eigenvalue weighted by molar-refractivity contribution is 6.07. The van der Waals surface area contributed by atoms with Crippen molar-refractivity contribution in [1.29, 1.82) is 0 Å². The van der Waals surface area contributed by atoms with Gasteiger partial charge in [-0.2, -0.15) is 0 Å². The van der Waals surface area contributed by atoms with Gasteiger partial charge in [-0.1, -0.05) is 26.0 Å². The van der Waals surface area contributed by atoms with Crippen LogP contribution in [0, 0.1) is 19.8 Å². The molecule has 1 unspecified atom stereocenters. The van der Waals surface area contributed by atoms with Crippen LogP contribution in [-0.4, -0.2) is 54.1 Å². The quantitative estimate of drug-likeness (QED) is 0.386. The Bertz CT molecular complexity index is 1040. The highest BCUT2D eigenvalue weighted by Crippen LogP contribution is 2.27. The van der Waals surface area contributed by atoms with Crippen LogP contribution in [0.2, 0.25) is 0 Å². The second-order valence-electron chi connectivity index (χ2n) is 8.72. The molecular weight excluding hydrogens is 434 g/mol. The number of amides is 2. The number of esters is 1. The average molecular weight is 472 g/mol. The van der Waals surface area contributed by atoms with Crippen molar-refractivity contribution in [1.82, 2.24) is 9.47 Å². The molecule has 2 rings (SSSR count). The fraction of sp³-hybridized carbons (Fsp3) is 0.500. The highest BCUT2D eigenvalue weighted by Gasteiger charge is 2.33. The van der Waals surface area contributed by atoms with Crippen LogP contribution >= 0.6 is 0 Å². The smallest absolute Gasteiger partial charge is 0.354 e. The van der Waals surface area contributed by atoms with E-state index in [1.165, 1.54) is 14.2 Å². The van der Waals surface area contributed by atoms with E-state index in [-0.39, 0.29) is 11.8 Å². The molecule has 0 fully saturated rings. The maximum absolute atomic E-state index is 13.7. The zero-order chi connectivity index (χ0) is 25.6. The normalized spacial score (nSPS) is 11.8. The molecule has 2 aromatic rings. The van der Waals surface area contributed by atoms with E-state index in [1.54, 1.807) is 41.5 Å². The van der Waals surface area contributed by atoms with Crippen LogP contribution in [0.15, 0.2) is 24.3 Å². The predicted molar refractivity (Wildman–Crippen MR) is 133 cm³/mol. The standard InChI is InChI=1S/C26H37N3O5/c1-9-28-18(5)22(17(4)23(28)25(31)34-8)24(30)19(6)29(15-14-16(2)3)26(32)27-20-12-10-11-13-21(20)33-7/h10-13,16,19H,9,14-15H2,1-8H3,(H,27,32). The largest absolute Gasteiger partial charge is 0.495 e. The zero-order valence-electron chi connectivity index (χ0n) is 21.5. The summed E-state index contributed by atoms with van der Waals surface area (Å²) >= 11 is 0. The number of nitrogens with one attached hydrogen (secondary N) is 1. The fourth-order valence-corrected chi connectivity index (χ4v) is 4.17. The van der Waals surface area contributed by atoms with E-state index in [2.05, 4.69) is 19.2 Å². The summed E-state index contributed by atoms with van der Waals surface area (Å²) in [5, 5.41) is 2.89. The van der Waals surface area contributed by atoms with Gasteiger partial charge >= 0.3 is 12.0 Å². The Balaban J connectivity index is 2.44. The third-order valence-corrected chi connectivity index (χ3v) is 6.11. The van der Waals surface area contributed by atoms with Gasteiger partial charge in [0.25, 0.3) is 0 Å². The molecule has 34 heavy (non-hydrogen) atoms. The lowest BCUT2D eigenvalue weighted by molar-refractivity contribution is 0.0587. The first-order chi connectivity index (χ1) is 16.1. The van der Waals surface area contributed by atoms with Crippen LogP contribution in [0.4, 0.5) is 10.5 Å². The number of aromatic nitrogens is 1. The van der Waals surface area contributed by atoms with Crippen molar-refractivity contribution in [2.75, 3.05) is 26.1 Å². The maximum Gasteiger partial charge on any atom is 0.354 e. The number of para-hydroxylation sites is 2. The number of Topliss-reactive ketones (excluding diaryl/α,β-unsaturated/α-hetero) is 1. The Morgan fingerprint density at radius 2 is 1.74 bits per heavy atom. The number of urea groups is 1. The van der Waals surface area contributed by atoms with Crippen LogP contribution in [0.1, 0.15) is 66.2 Å². The summed E-state index contributed by atoms with van der Waals surface area (Å²) in [7, 11) is 2.86. The van der Waals surface area contributed by atoms with E-state index in [9.17, 15) is 14.4 Å². The summed E-state index contributed by atoms with van der Waals surface area (Å²) in [5.74, 6) is 0.179. The number of benzene rings is 1. The number of nitrogens with zero attached hydrogens (tertiary/aromatic N) is 2.